The molecule has 0 unspecified atom stereocenters. The van der Waals surface area contributed by atoms with Gasteiger partial charge >= 0.3 is 0 Å². The molecule has 0 aliphatic rings. The average molecular weight is 271 g/mol. The van der Waals surface area contributed by atoms with E-state index in [4.69, 9.17) is 0 Å². The van der Waals surface area contributed by atoms with Gasteiger partial charge < -0.3 is 4.90 Å². The molecule has 106 valence electrons. The number of pyridine rings is 1. The standard InChI is InChI=1S/C15H21N5/c1-6-19(7-2)13-8-11(5)12(9-16)15-18-17-14(10(3)4)20(13)15/h8,10H,6-7H2,1-5H3. The van der Waals surface area contributed by atoms with Crippen molar-refractivity contribution in [3.63, 3.8) is 0 Å². The number of aryl methyl sites for hydroxylation is 1. The second kappa shape index (κ2) is 5.49. The Hall–Kier alpha value is -2.09. The minimum absolute atomic E-state index is 0.258. The van der Waals surface area contributed by atoms with E-state index in [1.54, 1.807) is 0 Å². The van der Waals surface area contributed by atoms with Gasteiger partial charge in [0.2, 0.25) is 0 Å². The van der Waals surface area contributed by atoms with E-state index >= 15 is 0 Å². The summed E-state index contributed by atoms with van der Waals surface area (Å²) in [6, 6.07) is 4.31. The molecule has 0 saturated carbocycles. The van der Waals surface area contributed by atoms with Gasteiger partial charge in [0.15, 0.2) is 5.65 Å². The number of rotatable bonds is 4. The van der Waals surface area contributed by atoms with Crippen LogP contribution in [0.3, 0.4) is 0 Å². The molecule has 0 saturated heterocycles. The highest BCUT2D eigenvalue weighted by Crippen LogP contribution is 2.26. The maximum atomic E-state index is 9.36. The second-order valence-corrected chi connectivity index (χ2v) is 5.22. The van der Waals surface area contributed by atoms with Crippen LogP contribution in [-0.4, -0.2) is 27.7 Å². The third-order valence-electron chi connectivity index (χ3n) is 3.60. The number of nitriles is 1. The number of anilines is 1. The smallest absolute Gasteiger partial charge is 0.180 e. The number of nitrogens with zero attached hydrogens (tertiary/aromatic N) is 5. The number of aromatic nitrogens is 3. The van der Waals surface area contributed by atoms with Crippen molar-refractivity contribution in [2.24, 2.45) is 0 Å². The fourth-order valence-corrected chi connectivity index (χ4v) is 2.48. The van der Waals surface area contributed by atoms with Crippen LogP contribution in [0.15, 0.2) is 6.07 Å². The fourth-order valence-electron chi connectivity index (χ4n) is 2.48. The Kier molecular flexibility index (Phi) is 3.93. The van der Waals surface area contributed by atoms with E-state index in [0.717, 1.165) is 30.3 Å². The zero-order valence-electron chi connectivity index (χ0n) is 12.8. The molecule has 0 N–H and O–H groups in total. The maximum absolute atomic E-state index is 9.36. The first kappa shape index (κ1) is 14.3. The summed E-state index contributed by atoms with van der Waals surface area (Å²) in [5.41, 5.74) is 2.23. The minimum Gasteiger partial charge on any atom is -0.358 e. The van der Waals surface area contributed by atoms with Crippen molar-refractivity contribution < 1.29 is 0 Å². The molecule has 0 bridgehead atoms. The highest BCUT2D eigenvalue weighted by Gasteiger charge is 2.19. The van der Waals surface area contributed by atoms with Crippen molar-refractivity contribution >= 4 is 11.5 Å². The van der Waals surface area contributed by atoms with Gasteiger partial charge in [-0.3, -0.25) is 4.40 Å². The SMILES string of the molecule is CCN(CC)c1cc(C)c(C#N)c2nnc(C(C)C)n12. The third-order valence-corrected chi connectivity index (χ3v) is 3.60. The highest BCUT2D eigenvalue weighted by molar-refractivity contribution is 5.65. The van der Waals surface area contributed by atoms with E-state index in [9.17, 15) is 5.26 Å². The maximum Gasteiger partial charge on any atom is 0.180 e. The third kappa shape index (κ3) is 2.11. The molecule has 0 aliphatic carbocycles. The van der Waals surface area contributed by atoms with Gasteiger partial charge in [-0.05, 0) is 32.4 Å². The van der Waals surface area contributed by atoms with Gasteiger partial charge in [0.1, 0.15) is 23.3 Å². The Labute approximate surface area is 119 Å². The Morgan fingerprint density at radius 1 is 1.30 bits per heavy atom. The van der Waals surface area contributed by atoms with Crippen molar-refractivity contribution in [2.75, 3.05) is 18.0 Å². The van der Waals surface area contributed by atoms with Crippen molar-refractivity contribution in [1.29, 1.82) is 5.26 Å². The topological polar surface area (TPSA) is 57.2 Å². The molecule has 5 nitrogen and oxygen atoms in total. The van der Waals surface area contributed by atoms with E-state index in [2.05, 4.69) is 54.9 Å². The van der Waals surface area contributed by atoms with Crippen molar-refractivity contribution in [3.05, 3.63) is 23.0 Å². The summed E-state index contributed by atoms with van der Waals surface area (Å²) in [7, 11) is 0. The summed E-state index contributed by atoms with van der Waals surface area (Å²) < 4.78 is 2.03. The molecule has 2 aromatic heterocycles. The Morgan fingerprint density at radius 3 is 2.45 bits per heavy atom. The molecule has 2 heterocycles. The lowest BCUT2D eigenvalue weighted by atomic mass is 10.1. The molecule has 0 atom stereocenters. The van der Waals surface area contributed by atoms with Gasteiger partial charge in [0, 0.05) is 19.0 Å². The van der Waals surface area contributed by atoms with E-state index in [0.29, 0.717) is 11.2 Å². The first-order valence-electron chi connectivity index (χ1n) is 7.08. The quantitative estimate of drug-likeness (QED) is 0.858. The molecule has 0 spiro atoms. The number of fused-ring (bicyclic) bond motifs is 1. The summed E-state index contributed by atoms with van der Waals surface area (Å²) in [5.74, 6) is 2.22. The van der Waals surface area contributed by atoms with E-state index < -0.39 is 0 Å². The molecule has 0 radical (unpaired) electrons. The van der Waals surface area contributed by atoms with Crippen LogP contribution in [-0.2, 0) is 0 Å². The van der Waals surface area contributed by atoms with Crippen LogP contribution >= 0.6 is 0 Å². The summed E-state index contributed by atoms with van der Waals surface area (Å²) in [4.78, 5) is 2.26. The van der Waals surface area contributed by atoms with E-state index in [1.165, 1.54) is 0 Å². The zero-order valence-corrected chi connectivity index (χ0v) is 12.8. The van der Waals surface area contributed by atoms with Crippen molar-refractivity contribution in [3.8, 4) is 6.07 Å². The molecule has 0 aliphatic heterocycles. The summed E-state index contributed by atoms with van der Waals surface area (Å²) in [6.07, 6.45) is 0. The minimum atomic E-state index is 0.258. The highest BCUT2D eigenvalue weighted by atomic mass is 15.3. The fraction of sp³-hybridized carbons (Fsp3) is 0.533. The van der Waals surface area contributed by atoms with Crippen LogP contribution in [0.25, 0.3) is 5.65 Å². The molecule has 20 heavy (non-hydrogen) atoms. The summed E-state index contributed by atoms with van der Waals surface area (Å²) in [5, 5.41) is 17.9. The molecule has 0 fully saturated rings. The van der Waals surface area contributed by atoms with Crippen LogP contribution in [0.2, 0.25) is 0 Å². The second-order valence-electron chi connectivity index (χ2n) is 5.22. The van der Waals surface area contributed by atoms with Crippen LogP contribution in [0.1, 0.15) is 50.6 Å². The summed E-state index contributed by atoms with van der Waals surface area (Å²) in [6.45, 7) is 12.2. The molecule has 2 aromatic rings. The lowest BCUT2D eigenvalue weighted by Gasteiger charge is -2.24. The van der Waals surface area contributed by atoms with Gasteiger partial charge in [-0.2, -0.15) is 5.26 Å². The molecule has 2 rings (SSSR count). The summed E-state index contributed by atoms with van der Waals surface area (Å²) >= 11 is 0. The molecular weight excluding hydrogens is 250 g/mol. The predicted octanol–water partition coefficient (Wildman–Crippen LogP) is 2.88. The van der Waals surface area contributed by atoms with Crippen LogP contribution in [0.4, 0.5) is 5.82 Å². The molecule has 0 aromatic carbocycles. The first-order chi connectivity index (χ1) is 9.54. The Morgan fingerprint density at radius 2 is 1.95 bits per heavy atom. The average Bonchev–Trinajstić information content (AvgIpc) is 2.85. The lowest BCUT2D eigenvalue weighted by molar-refractivity contribution is 0.743. The van der Waals surface area contributed by atoms with Crippen molar-refractivity contribution in [2.45, 2.75) is 40.5 Å². The number of hydrogen-bond donors (Lipinski definition) is 0. The number of hydrogen-bond acceptors (Lipinski definition) is 4. The van der Waals surface area contributed by atoms with E-state index in [-0.39, 0.29) is 5.92 Å². The first-order valence-corrected chi connectivity index (χ1v) is 7.08. The predicted molar refractivity (Wildman–Crippen MR) is 80.1 cm³/mol. The van der Waals surface area contributed by atoms with Gasteiger partial charge in [0.05, 0.1) is 0 Å². The van der Waals surface area contributed by atoms with Crippen molar-refractivity contribution in [1.82, 2.24) is 14.6 Å². The van der Waals surface area contributed by atoms with Gasteiger partial charge in [-0.25, -0.2) is 0 Å². The van der Waals surface area contributed by atoms with Gasteiger partial charge in [0.25, 0.3) is 0 Å². The van der Waals surface area contributed by atoms with Crippen LogP contribution in [0, 0.1) is 18.3 Å². The zero-order chi connectivity index (χ0) is 14.9. The monoisotopic (exact) mass is 271 g/mol. The molecule has 5 heteroatoms. The van der Waals surface area contributed by atoms with Crippen LogP contribution in [0.5, 0.6) is 0 Å². The normalized spacial score (nSPS) is 11.1. The van der Waals surface area contributed by atoms with Gasteiger partial charge in [-0.1, -0.05) is 13.8 Å². The molecular formula is C15H21N5. The Balaban J connectivity index is 2.86. The largest absolute Gasteiger partial charge is 0.358 e. The molecule has 0 amide bonds. The Bertz CT molecular complexity index is 659. The lowest BCUT2D eigenvalue weighted by Crippen LogP contribution is -2.25. The van der Waals surface area contributed by atoms with E-state index in [1.807, 2.05) is 11.3 Å². The van der Waals surface area contributed by atoms with Gasteiger partial charge in [-0.15, -0.1) is 10.2 Å². The van der Waals surface area contributed by atoms with Crippen LogP contribution < -0.4 is 4.90 Å².